The number of aliphatic carboxylic acids is 1. The Morgan fingerprint density at radius 2 is 1.79 bits per heavy atom. The van der Waals surface area contributed by atoms with Gasteiger partial charge in [-0.3, -0.25) is 4.79 Å². The molecule has 0 radical (unpaired) electrons. The Labute approximate surface area is 141 Å². The molecule has 24 heavy (non-hydrogen) atoms. The molecule has 2 N–H and O–H groups in total. The first kappa shape index (κ1) is 17.5. The lowest BCUT2D eigenvalue weighted by Gasteiger charge is -2.16. The second-order valence-corrected chi connectivity index (χ2v) is 5.72. The van der Waals surface area contributed by atoms with E-state index in [2.05, 4.69) is 5.32 Å². The number of rotatable bonds is 6. The molecule has 0 aliphatic heterocycles. The van der Waals surface area contributed by atoms with Crippen molar-refractivity contribution in [2.75, 3.05) is 7.11 Å². The van der Waals surface area contributed by atoms with Crippen LogP contribution < -0.4 is 10.1 Å². The maximum Gasteiger partial charge on any atom is 0.330 e. The number of aryl methyl sites for hydroxylation is 2. The van der Waals surface area contributed by atoms with E-state index in [1.807, 2.05) is 32.0 Å². The van der Waals surface area contributed by atoms with Gasteiger partial charge in [-0.2, -0.15) is 0 Å². The molecule has 0 fully saturated rings. The lowest BCUT2D eigenvalue weighted by molar-refractivity contribution is -0.141. The van der Waals surface area contributed by atoms with Gasteiger partial charge in [0.05, 0.1) is 13.5 Å². The van der Waals surface area contributed by atoms with E-state index in [4.69, 9.17) is 4.74 Å². The highest BCUT2D eigenvalue weighted by Crippen LogP contribution is 2.19. The van der Waals surface area contributed by atoms with Crippen molar-refractivity contribution in [1.82, 2.24) is 5.32 Å². The summed E-state index contributed by atoms with van der Waals surface area (Å²) in [6, 6.07) is 11.4. The van der Waals surface area contributed by atoms with E-state index in [9.17, 15) is 14.7 Å². The maximum absolute atomic E-state index is 12.3. The van der Waals surface area contributed by atoms with Gasteiger partial charge in [-0.05, 0) is 42.7 Å². The average Bonchev–Trinajstić information content (AvgIpc) is 2.56. The third-order valence-corrected chi connectivity index (χ3v) is 3.86. The molecule has 0 aliphatic rings. The lowest BCUT2D eigenvalue weighted by Crippen LogP contribution is -2.34. The lowest BCUT2D eigenvalue weighted by atomic mass is 10.0. The van der Waals surface area contributed by atoms with Crippen LogP contribution in [0.3, 0.4) is 0 Å². The van der Waals surface area contributed by atoms with Crippen LogP contribution in [0, 0.1) is 13.8 Å². The number of hydrogen-bond donors (Lipinski definition) is 2. The number of methoxy groups -OCH3 is 1. The molecule has 0 aliphatic carbocycles. The van der Waals surface area contributed by atoms with Crippen molar-refractivity contribution in [2.45, 2.75) is 26.3 Å². The van der Waals surface area contributed by atoms with Gasteiger partial charge in [0, 0.05) is 0 Å². The topological polar surface area (TPSA) is 75.6 Å². The van der Waals surface area contributed by atoms with Crippen LogP contribution in [0.2, 0.25) is 0 Å². The van der Waals surface area contributed by atoms with Crippen molar-refractivity contribution in [2.24, 2.45) is 0 Å². The fraction of sp³-hybridized carbons (Fsp3) is 0.263. The van der Waals surface area contributed by atoms with Gasteiger partial charge in [0.2, 0.25) is 5.91 Å². The molecule has 0 heterocycles. The summed E-state index contributed by atoms with van der Waals surface area (Å²) in [6.45, 7) is 3.89. The van der Waals surface area contributed by atoms with Crippen LogP contribution in [0.25, 0.3) is 0 Å². The highest BCUT2D eigenvalue weighted by atomic mass is 16.5. The van der Waals surface area contributed by atoms with Gasteiger partial charge in [0.1, 0.15) is 5.75 Å². The molecule has 126 valence electrons. The first-order valence-corrected chi connectivity index (χ1v) is 7.63. The summed E-state index contributed by atoms with van der Waals surface area (Å²) in [6.07, 6.45) is 0.146. The van der Waals surface area contributed by atoms with Crippen molar-refractivity contribution in [3.8, 4) is 5.75 Å². The van der Waals surface area contributed by atoms with Crippen molar-refractivity contribution in [3.05, 3.63) is 64.7 Å². The van der Waals surface area contributed by atoms with Gasteiger partial charge < -0.3 is 15.2 Å². The van der Waals surface area contributed by atoms with E-state index in [-0.39, 0.29) is 12.3 Å². The van der Waals surface area contributed by atoms with Crippen LogP contribution in [-0.2, 0) is 16.0 Å². The smallest absolute Gasteiger partial charge is 0.330 e. The number of hydrogen-bond acceptors (Lipinski definition) is 3. The van der Waals surface area contributed by atoms with Gasteiger partial charge in [0.15, 0.2) is 6.04 Å². The fourth-order valence-electron chi connectivity index (χ4n) is 2.46. The largest absolute Gasteiger partial charge is 0.497 e. The Hall–Kier alpha value is -2.82. The quantitative estimate of drug-likeness (QED) is 0.855. The third-order valence-electron chi connectivity index (χ3n) is 3.86. The zero-order valence-electron chi connectivity index (χ0n) is 14.0. The first-order valence-electron chi connectivity index (χ1n) is 7.63. The summed E-state index contributed by atoms with van der Waals surface area (Å²) in [4.78, 5) is 23.8. The van der Waals surface area contributed by atoms with Gasteiger partial charge in [-0.1, -0.05) is 35.9 Å². The Morgan fingerprint density at radius 3 is 2.38 bits per heavy atom. The van der Waals surface area contributed by atoms with Crippen LogP contribution in [-0.4, -0.2) is 24.1 Å². The number of nitrogens with one attached hydrogen (secondary N) is 1. The number of carboxylic acids is 1. The molecule has 1 amide bonds. The van der Waals surface area contributed by atoms with E-state index in [0.29, 0.717) is 11.3 Å². The fourth-order valence-corrected chi connectivity index (χ4v) is 2.46. The molecule has 2 aromatic carbocycles. The highest BCUT2D eigenvalue weighted by Gasteiger charge is 2.22. The molecule has 0 saturated carbocycles. The minimum absolute atomic E-state index is 0.146. The maximum atomic E-state index is 12.3. The van der Waals surface area contributed by atoms with E-state index in [1.165, 1.54) is 7.11 Å². The second-order valence-electron chi connectivity index (χ2n) is 5.72. The summed E-state index contributed by atoms with van der Waals surface area (Å²) in [5.74, 6) is -0.800. The summed E-state index contributed by atoms with van der Waals surface area (Å²) in [7, 11) is 1.54. The number of carbonyl (C=O) groups is 2. The Morgan fingerprint density at radius 1 is 1.12 bits per heavy atom. The van der Waals surface area contributed by atoms with Crippen molar-refractivity contribution >= 4 is 11.9 Å². The standard InChI is InChI=1S/C19H21NO4/c1-12-4-5-13(2)15(10-12)11-17(21)20-18(19(22)23)14-6-8-16(24-3)9-7-14/h4-10,18H,11H2,1-3H3,(H,20,21)(H,22,23). The summed E-state index contributed by atoms with van der Waals surface area (Å²) in [5.41, 5.74) is 3.46. The summed E-state index contributed by atoms with van der Waals surface area (Å²) in [5, 5.41) is 12.0. The summed E-state index contributed by atoms with van der Waals surface area (Å²) < 4.78 is 5.06. The zero-order valence-corrected chi connectivity index (χ0v) is 14.0. The Kier molecular flexibility index (Phi) is 5.58. The number of carboxylic acid groups (broad SMARTS) is 1. The molecule has 0 bridgehead atoms. The molecule has 0 spiro atoms. The number of carbonyl (C=O) groups excluding carboxylic acids is 1. The average molecular weight is 327 g/mol. The molecule has 5 heteroatoms. The van der Waals surface area contributed by atoms with Crippen molar-refractivity contribution in [1.29, 1.82) is 0 Å². The Balaban J connectivity index is 2.13. The summed E-state index contributed by atoms with van der Waals surface area (Å²) >= 11 is 0. The van der Waals surface area contributed by atoms with Gasteiger partial charge in [0.25, 0.3) is 0 Å². The van der Waals surface area contributed by atoms with Crippen LogP contribution in [0.4, 0.5) is 0 Å². The molecule has 2 rings (SSSR count). The second kappa shape index (κ2) is 7.64. The predicted molar refractivity (Wildman–Crippen MR) is 91.1 cm³/mol. The molecular formula is C19H21NO4. The van der Waals surface area contributed by atoms with Crippen LogP contribution in [0.15, 0.2) is 42.5 Å². The van der Waals surface area contributed by atoms with Crippen molar-refractivity contribution < 1.29 is 19.4 Å². The van der Waals surface area contributed by atoms with Gasteiger partial charge in [-0.25, -0.2) is 4.79 Å². The number of ether oxygens (including phenoxy) is 1. The SMILES string of the molecule is COc1ccc(C(NC(=O)Cc2cc(C)ccc2C)C(=O)O)cc1. The van der Waals surface area contributed by atoms with Gasteiger partial charge >= 0.3 is 5.97 Å². The monoisotopic (exact) mass is 327 g/mol. The predicted octanol–water partition coefficient (Wildman–Crippen LogP) is 2.80. The van der Waals surface area contributed by atoms with Crippen LogP contribution >= 0.6 is 0 Å². The molecule has 5 nitrogen and oxygen atoms in total. The normalized spacial score (nSPS) is 11.6. The molecule has 0 aromatic heterocycles. The van der Waals surface area contributed by atoms with Gasteiger partial charge in [-0.15, -0.1) is 0 Å². The van der Waals surface area contributed by atoms with E-state index in [1.54, 1.807) is 24.3 Å². The van der Waals surface area contributed by atoms with E-state index in [0.717, 1.165) is 16.7 Å². The van der Waals surface area contributed by atoms with Crippen molar-refractivity contribution in [3.63, 3.8) is 0 Å². The zero-order chi connectivity index (χ0) is 17.7. The molecule has 0 saturated heterocycles. The van der Waals surface area contributed by atoms with Crippen LogP contribution in [0.5, 0.6) is 5.75 Å². The molecule has 1 atom stereocenters. The number of amides is 1. The van der Waals surface area contributed by atoms with E-state index < -0.39 is 12.0 Å². The minimum atomic E-state index is -1.10. The highest BCUT2D eigenvalue weighted by molar-refractivity contribution is 5.86. The molecule has 1 unspecified atom stereocenters. The molecular weight excluding hydrogens is 306 g/mol. The van der Waals surface area contributed by atoms with E-state index >= 15 is 0 Å². The number of benzene rings is 2. The van der Waals surface area contributed by atoms with Crippen LogP contribution in [0.1, 0.15) is 28.3 Å². The molecule has 2 aromatic rings. The minimum Gasteiger partial charge on any atom is -0.497 e. The first-order chi connectivity index (χ1) is 11.4. The third kappa shape index (κ3) is 4.35. The Bertz CT molecular complexity index is 738.